The minimum Gasteiger partial charge on any atom is -0.323 e. The van der Waals surface area contributed by atoms with Crippen LogP contribution in [0, 0.1) is 0 Å². The third kappa shape index (κ3) is 5.85. The van der Waals surface area contributed by atoms with Crippen LogP contribution in [0.5, 0.6) is 0 Å². The molecule has 0 aliphatic carbocycles. The van der Waals surface area contributed by atoms with E-state index in [4.69, 9.17) is 0 Å². The second-order valence-electron chi connectivity index (χ2n) is 11.4. The van der Waals surface area contributed by atoms with Gasteiger partial charge in [0.25, 0.3) is 0 Å². The first-order valence-corrected chi connectivity index (χ1v) is 13.7. The van der Waals surface area contributed by atoms with E-state index < -0.39 is 0 Å². The van der Waals surface area contributed by atoms with Crippen molar-refractivity contribution in [2.45, 2.75) is 64.3 Å². The van der Waals surface area contributed by atoms with Crippen molar-refractivity contribution in [3.05, 3.63) is 0 Å². The highest BCUT2D eigenvalue weighted by Gasteiger charge is 2.34. The molecule has 7 heterocycles. The highest BCUT2D eigenvalue weighted by molar-refractivity contribution is 5.79. The van der Waals surface area contributed by atoms with Gasteiger partial charge in [-0.3, -0.25) is 23.9 Å². The Morgan fingerprint density at radius 2 is 1.31 bits per heavy atom. The number of fused-ring (bicyclic) bond motifs is 5. The van der Waals surface area contributed by atoms with Crippen molar-refractivity contribution in [1.82, 2.24) is 14.7 Å². The third-order valence-corrected chi connectivity index (χ3v) is 8.89. The molecule has 7 aliphatic rings. The van der Waals surface area contributed by atoms with Crippen LogP contribution in [-0.4, -0.2) is 139 Å². The monoisotopic (exact) mass is 447 g/mol. The maximum Gasteiger partial charge on any atom is 0.246 e. The molecule has 0 saturated carbocycles. The van der Waals surface area contributed by atoms with E-state index in [1.165, 1.54) is 128 Å². The summed E-state index contributed by atoms with van der Waals surface area (Å²) in [5.74, 6) is 3.20. The Balaban J connectivity index is 0.000000117. The van der Waals surface area contributed by atoms with Crippen molar-refractivity contribution in [1.29, 1.82) is 0 Å². The lowest BCUT2D eigenvalue weighted by Gasteiger charge is -2.48. The first-order valence-electron chi connectivity index (χ1n) is 13.7. The van der Waals surface area contributed by atoms with Crippen molar-refractivity contribution in [2.24, 2.45) is 0 Å². The van der Waals surface area contributed by atoms with E-state index in [0.29, 0.717) is 0 Å². The molecule has 0 aromatic heterocycles. The fraction of sp³-hybridized carbons (Fsp3) is 0.923. The maximum absolute atomic E-state index is 2.64. The summed E-state index contributed by atoms with van der Waals surface area (Å²) in [6.45, 7) is 17.0. The standard InChI is InChI=1S/C11H21N2.C8H15N2.C7H15N2/c1-10-6-3-4-7-11-12(2)8-5-9-13(10)11;1-9-5-3-7-10-6-2-4-8(9)10;1-9-5-2-8(3-6-9)4-7-9/h10H,3-9H2,1-2H3;2-7H2,1H3;2-7H2,1H3/q3*+1. The highest BCUT2D eigenvalue weighted by atomic mass is 15.4. The molecular formula is C26H51N6+3. The van der Waals surface area contributed by atoms with E-state index in [2.05, 4.69) is 51.9 Å². The largest absolute Gasteiger partial charge is 0.323 e. The normalized spacial score (nSPS) is 34.1. The lowest BCUT2D eigenvalue weighted by molar-refractivity contribution is -0.922. The zero-order valence-corrected chi connectivity index (χ0v) is 21.7. The average molecular weight is 448 g/mol. The average Bonchev–Trinajstić information content (AvgIpc) is 3.21. The predicted molar refractivity (Wildman–Crippen MR) is 134 cm³/mol. The molecule has 0 N–H and O–H groups in total. The smallest absolute Gasteiger partial charge is 0.246 e. The fourth-order valence-corrected chi connectivity index (χ4v) is 6.48. The SMILES string of the molecule is CC1CCCCC2=[N+](C)CCCN21.C[N+]12CCN(CC1)CC2.C[N+]1=C2CCCN2CCC1. The Morgan fingerprint density at radius 3 is 1.94 bits per heavy atom. The number of amidine groups is 2. The lowest BCUT2D eigenvalue weighted by Crippen LogP contribution is -2.65. The minimum absolute atomic E-state index is 0.778. The summed E-state index contributed by atoms with van der Waals surface area (Å²) >= 11 is 0. The van der Waals surface area contributed by atoms with Gasteiger partial charge in [0.05, 0.1) is 86.0 Å². The molecule has 1 atom stereocenters. The van der Waals surface area contributed by atoms with E-state index in [-0.39, 0.29) is 0 Å². The topological polar surface area (TPSA) is 15.7 Å². The van der Waals surface area contributed by atoms with Gasteiger partial charge >= 0.3 is 0 Å². The number of rotatable bonds is 0. The Kier molecular flexibility index (Phi) is 8.14. The van der Waals surface area contributed by atoms with Crippen molar-refractivity contribution in [3.8, 4) is 0 Å². The quantitative estimate of drug-likeness (QED) is 0.417. The predicted octanol–water partition coefficient (Wildman–Crippen LogP) is 1.98. The fourth-order valence-electron chi connectivity index (χ4n) is 6.48. The molecule has 2 bridgehead atoms. The lowest BCUT2D eigenvalue weighted by atomic mass is 10.1. The van der Waals surface area contributed by atoms with Crippen LogP contribution in [0.15, 0.2) is 0 Å². The van der Waals surface area contributed by atoms with E-state index in [0.717, 1.165) is 6.04 Å². The van der Waals surface area contributed by atoms with Crippen molar-refractivity contribution in [2.75, 3.05) is 93.1 Å². The van der Waals surface area contributed by atoms with Crippen LogP contribution < -0.4 is 0 Å². The van der Waals surface area contributed by atoms with Gasteiger partial charge in [0, 0.05) is 38.9 Å². The van der Waals surface area contributed by atoms with Crippen LogP contribution in [-0.2, 0) is 0 Å². The van der Waals surface area contributed by atoms with Gasteiger partial charge in [-0.2, -0.15) is 0 Å². The van der Waals surface area contributed by atoms with Gasteiger partial charge in [0.2, 0.25) is 11.7 Å². The van der Waals surface area contributed by atoms with Gasteiger partial charge in [-0.15, -0.1) is 0 Å². The molecule has 7 rings (SSSR count). The summed E-state index contributed by atoms with van der Waals surface area (Å²) in [4.78, 5) is 7.74. The number of quaternary nitrogens is 1. The molecule has 1 unspecified atom stereocenters. The molecule has 0 aromatic rings. The molecule has 0 aromatic carbocycles. The van der Waals surface area contributed by atoms with E-state index >= 15 is 0 Å². The molecule has 6 nitrogen and oxygen atoms in total. The van der Waals surface area contributed by atoms with E-state index in [1.807, 2.05) is 0 Å². The number of hydrogen-bond acceptors (Lipinski definition) is 3. The van der Waals surface area contributed by atoms with Crippen LogP contribution in [0.2, 0.25) is 0 Å². The van der Waals surface area contributed by atoms with Crippen LogP contribution >= 0.6 is 0 Å². The summed E-state index contributed by atoms with van der Waals surface area (Å²) in [6, 6.07) is 0.778. The molecule has 182 valence electrons. The van der Waals surface area contributed by atoms with Gasteiger partial charge in [-0.05, 0) is 32.6 Å². The summed E-state index contributed by atoms with van der Waals surface area (Å²) < 4.78 is 6.22. The molecule has 7 aliphatic heterocycles. The Labute approximate surface area is 197 Å². The van der Waals surface area contributed by atoms with Crippen LogP contribution in [0.3, 0.4) is 0 Å². The summed E-state index contributed by atoms with van der Waals surface area (Å²) in [6.07, 6.45) is 10.9. The number of hydrogen-bond donors (Lipinski definition) is 0. The molecule has 0 radical (unpaired) electrons. The van der Waals surface area contributed by atoms with Crippen LogP contribution in [0.1, 0.15) is 58.3 Å². The second-order valence-corrected chi connectivity index (χ2v) is 11.4. The third-order valence-electron chi connectivity index (χ3n) is 8.89. The molecule has 0 spiro atoms. The van der Waals surface area contributed by atoms with Crippen LogP contribution in [0.25, 0.3) is 0 Å². The van der Waals surface area contributed by atoms with Gasteiger partial charge in [-0.25, -0.2) is 0 Å². The Hall–Kier alpha value is -1.14. The second kappa shape index (κ2) is 10.9. The summed E-state index contributed by atoms with van der Waals surface area (Å²) in [5.41, 5.74) is 0. The van der Waals surface area contributed by atoms with Crippen LogP contribution in [0.4, 0.5) is 0 Å². The van der Waals surface area contributed by atoms with Crippen molar-refractivity contribution >= 4 is 11.7 Å². The molecule has 5 saturated heterocycles. The molecular weight excluding hydrogens is 396 g/mol. The number of piperazine rings is 3. The first kappa shape index (κ1) is 24.0. The van der Waals surface area contributed by atoms with Gasteiger partial charge in [0.1, 0.15) is 0 Å². The molecule has 32 heavy (non-hydrogen) atoms. The minimum atomic E-state index is 0.778. The zero-order valence-electron chi connectivity index (χ0n) is 21.7. The first-order chi connectivity index (χ1) is 15.5. The molecule has 0 amide bonds. The van der Waals surface area contributed by atoms with Crippen molar-refractivity contribution < 1.29 is 13.6 Å². The van der Waals surface area contributed by atoms with Gasteiger partial charge < -0.3 is 4.48 Å². The Bertz CT molecular complexity index is 677. The van der Waals surface area contributed by atoms with Crippen molar-refractivity contribution in [3.63, 3.8) is 0 Å². The number of nitrogens with zero attached hydrogens (tertiary/aromatic N) is 6. The maximum atomic E-state index is 2.64. The molecule has 6 heteroatoms. The highest BCUT2D eigenvalue weighted by Crippen LogP contribution is 2.20. The summed E-state index contributed by atoms with van der Waals surface area (Å²) in [5, 5.41) is 0. The number of likely N-dealkylation sites (N-methyl/N-ethyl adjacent to an activating group) is 1. The van der Waals surface area contributed by atoms with E-state index in [1.54, 1.807) is 11.7 Å². The van der Waals surface area contributed by atoms with E-state index in [9.17, 15) is 0 Å². The molecule has 5 fully saturated rings. The van der Waals surface area contributed by atoms with Gasteiger partial charge in [-0.1, -0.05) is 0 Å². The zero-order chi connectivity index (χ0) is 22.6. The van der Waals surface area contributed by atoms with Gasteiger partial charge in [0.15, 0.2) is 0 Å². The summed E-state index contributed by atoms with van der Waals surface area (Å²) in [7, 11) is 6.85. The Morgan fingerprint density at radius 1 is 0.719 bits per heavy atom.